The molecule has 0 aliphatic heterocycles. The molecular weight excluding hydrogens is 388 g/mol. The molecule has 0 radical (unpaired) electrons. The number of ether oxygens (including phenoxy) is 5. The molecule has 0 aromatic heterocycles. The maximum Gasteiger partial charge on any atom is 0.338 e. The number of hydrogen-bond donors (Lipinski definition) is 0. The summed E-state index contributed by atoms with van der Waals surface area (Å²) in [6.07, 6.45) is 2.17. The van der Waals surface area contributed by atoms with Gasteiger partial charge in [0.1, 0.15) is 18.0 Å². The molecule has 0 saturated heterocycles. The molecule has 0 spiro atoms. The Labute approximate surface area is 175 Å². The zero-order valence-corrected chi connectivity index (χ0v) is 17.4. The van der Waals surface area contributed by atoms with Crippen molar-refractivity contribution in [1.29, 1.82) is 0 Å². The number of carbonyl (C=O) groups excluding carboxylic acids is 2. The van der Waals surface area contributed by atoms with E-state index in [1.165, 1.54) is 14.2 Å². The van der Waals surface area contributed by atoms with Gasteiger partial charge in [-0.25, -0.2) is 9.59 Å². The van der Waals surface area contributed by atoms with E-state index in [0.29, 0.717) is 54.1 Å². The highest BCUT2D eigenvalue weighted by molar-refractivity contribution is 5.90. The molecule has 0 unspecified atom stereocenters. The van der Waals surface area contributed by atoms with Crippen LogP contribution in [-0.2, 0) is 9.47 Å². The monoisotopic (exact) mass is 414 g/mol. The van der Waals surface area contributed by atoms with Gasteiger partial charge < -0.3 is 23.7 Å². The average Bonchev–Trinajstić information content (AvgIpc) is 2.79. The molecule has 1 saturated carbocycles. The molecule has 3 rings (SSSR count). The molecule has 0 heterocycles. The fraction of sp³-hybridized carbons (Fsp3) is 0.391. The molecule has 0 amide bonds. The van der Waals surface area contributed by atoms with Crippen LogP contribution in [0.4, 0.5) is 0 Å². The lowest BCUT2D eigenvalue weighted by Gasteiger charge is -2.28. The minimum absolute atomic E-state index is 0.185. The third kappa shape index (κ3) is 5.23. The number of methoxy groups -OCH3 is 3. The Kier molecular flexibility index (Phi) is 7.17. The lowest BCUT2D eigenvalue weighted by molar-refractivity contribution is -0.0108. The van der Waals surface area contributed by atoms with E-state index in [4.69, 9.17) is 23.7 Å². The Bertz CT molecular complexity index is 868. The van der Waals surface area contributed by atoms with Crippen LogP contribution in [0.15, 0.2) is 42.5 Å². The van der Waals surface area contributed by atoms with Gasteiger partial charge in [-0.2, -0.15) is 0 Å². The summed E-state index contributed by atoms with van der Waals surface area (Å²) in [5.74, 6) is 0.941. The van der Waals surface area contributed by atoms with E-state index in [1.54, 1.807) is 49.6 Å². The third-order valence-corrected chi connectivity index (χ3v) is 5.11. The van der Waals surface area contributed by atoms with Crippen molar-refractivity contribution in [2.75, 3.05) is 21.3 Å². The Morgan fingerprint density at radius 2 is 1.17 bits per heavy atom. The van der Waals surface area contributed by atoms with Crippen LogP contribution in [0, 0.1) is 0 Å². The van der Waals surface area contributed by atoms with Crippen LogP contribution in [0.25, 0.3) is 0 Å². The van der Waals surface area contributed by atoms with Crippen molar-refractivity contribution in [1.82, 2.24) is 0 Å². The summed E-state index contributed by atoms with van der Waals surface area (Å²) >= 11 is 0. The van der Waals surface area contributed by atoms with E-state index in [2.05, 4.69) is 0 Å². The van der Waals surface area contributed by atoms with Gasteiger partial charge in [0.05, 0.1) is 32.5 Å². The molecule has 160 valence electrons. The summed E-state index contributed by atoms with van der Waals surface area (Å²) in [5.41, 5.74) is 0.888. The number of benzene rings is 2. The van der Waals surface area contributed by atoms with Gasteiger partial charge in [-0.15, -0.1) is 0 Å². The van der Waals surface area contributed by atoms with Gasteiger partial charge in [-0.3, -0.25) is 0 Å². The van der Waals surface area contributed by atoms with Crippen LogP contribution >= 0.6 is 0 Å². The molecule has 2 aromatic rings. The summed E-state index contributed by atoms with van der Waals surface area (Å²) in [7, 11) is 4.63. The molecule has 0 bridgehead atoms. The predicted molar refractivity (Wildman–Crippen MR) is 109 cm³/mol. The molecule has 1 fully saturated rings. The van der Waals surface area contributed by atoms with Crippen molar-refractivity contribution in [3.63, 3.8) is 0 Å². The Balaban J connectivity index is 1.49. The van der Waals surface area contributed by atoms with Crippen molar-refractivity contribution in [2.24, 2.45) is 0 Å². The van der Waals surface area contributed by atoms with Crippen LogP contribution in [-0.4, -0.2) is 45.5 Å². The fourth-order valence-corrected chi connectivity index (χ4v) is 3.40. The molecule has 30 heavy (non-hydrogen) atoms. The molecule has 0 N–H and O–H groups in total. The summed E-state index contributed by atoms with van der Waals surface area (Å²) in [6.45, 7) is 0. The van der Waals surface area contributed by atoms with E-state index in [1.807, 2.05) is 0 Å². The molecule has 1 aliphatic carbocycles. The standard InChI is InChI=1S/C23H26O7/c1-26-17-7-4-15(5-8-17)22(24)29-18-9-11-19(12-10-18)30-23(25)16-6-13-20(27-2)21(14-16)28-3/h4-8,13-14,18-19H,9-12H2,1-3H3. The first-order valence-corrected chi connectivity index (χ1v) is 9.82. The largest absolute Gasteiger partial charge is 0.497 e. The van der Waals surface area contributed by atoms with Crippen LogP contribution in [0.5, 0.6) is 17.2 Å². The van der Waals surface area contributed by atoms with Crippen molar-refractivity contribution in [3.05, 3.63) is 53.6 Å². The van der Waals surface area contributed by atoms with Crippen molar-refractivity contribution >= 4 is 11.9 Å². The van der Waals surface area contributed by atoms with E-state index >= 15 is 0 Å². The highest BCUT2D eigenvalue weighted by Gasteiger charge is 2.27. The van der Waals surface area contributed by atoms with Crippen LogP contribution in [0.3, 0.4) is 0 Å². The maximum atomic E-state index is 12.5. The van der Waals surface area contributed by atoms with Crippen LogP contribution < -0.4 is 14.2 Å². The van der Waals surface area contributed by atoms with Crippen LogP contribution in [0.1, 0.15) is 46.4 Å². The third-order valence-electron chi connectivity index (χ3n) is 5.11. The van der Waals surface area contributed by atoms with E-state index < -0.39 is 5.97 Å². The first-order chi connectivity index (χ1) is 14.5. The van der Waals surface area contributed by atoms with Gasteiger partial charge in [0, 0.05) is 0 Å². The van der Waals surface area contributed by atoms with Crippen molar-refractivity contribution in [3.8, 4) is 17.2 Å². The summed E-state index contributed by atoms with van der Waals surface area (Å²) < 4.78 is 26.7. The van der Waals surface area contributed by atoms with E-state index in [9.17, 15) is 9.59 Å². The molecular formula is C23H26O7. The summed E-state index contributed by atoms with van der Waals surface area (Å²) in [4.78, 5) is 24.8. The molecule has 7 heteroatoms. The molecule has 0 atom stereocenters. The Hall–Kier alpha value is -3.22. The van der Waals surface area contributed by atoms with Gasteiger partial charge in [-0.1, -0.05) is 0 Å². The molecule has 7 nitrogen and oxygen atoms in total. The minimum atomic E-state index is -0.408. The number of rotatable bonds is 7. The van der Waals surface area contributed by atoms with E-state index in [-0.39, 0.29) is 18.2 Å². The highest BCUT2D eigenvalue weighted by Crippen LogP contribution is 2.29. The zero-order valence-electron chi connectivity index (χ0n) is 17.4. The van der Waals surface area contributed by atoms with Crippen LogP contribution in [0.2, 0.25) is 0 Å². The van der Waals surface area contributed by atoms with Gasteiger partial charge >= 0.3 is 11.9 Å². The zero-order chi connectivity index (χ0) is 21.5. The lowest BCUT2D eigenvalue weighted by Crippen LogP contribution is -2.29. The number of hydrogen-bond acceptors (Lipinski definition) is 7. The van der Waals surface area contributed by atoms with E-state index in [0.717, 1.165) is 0 Å². The Morgan fingerprint density at radius 1 is 0.667 bits per heavy atom. The lowest BCUT2D eigenvalue weighted by atomic mass is 9.95. The fourth-order valence-electron chi connectivity index (χ4n) is 3.40. The molecule has 1 aliphatic rings. The first-order valence-electron chi connectivity index (χ1n) is 9.82. The molecule has 2 aromatic carbocycles. The summed E-state index contributed by atoms with van der Waals surface area (Å²) in [6, 6.07) is 11.7. The van der Waals surface area contributed by atoms with Crippen molar-refractivity contribution in [2.45, 2.75) is 37.9 Å². The first kappa shape index (κ1) is 21.5. The predicted octanol–water partition coefficient (Wildman–Crippen LogP) is 4.04. The average molecular weight is 414 g/mol. The van der Waals surface area contributed by atoms with Gasteiger partial charge in [0.25, 0.3) is 0 Å². The van der Waals surface area contributed by atoms with Gasteiger partial charge in [-0.05, 0) is 68.1 Å². The second-order valence-electron chi connectivity index (χ2n) is 7.01. The second-order valence-corrected chi connectivity index (χ2v) is 7.01. The normalized spacial score (nSPS) is 18.2. The van der Waals surface area contributed by atoms with Crippen molar-refractivity contribution < 1.29 is 33.3 Å². The quantitative estimate of drug-likeness (QED) is 0.633. The van der Waals surface area contributed by atoms with Gasteiger partial charge in [0.15, 0.2) is 11.5 Å². The highest BCUT2D eigenvalue weighted by atomic mass is 16.6. The number of esters is 2. The number of carbonyl (C=O) groups is 2. The summed E-state index contributed by atoms with van der Waals surface area (Å²) in [5, 5.41) is 0. The topological polar surface area (TPSA) is 80.3 Å². The maximum absolute atomic E-state index is 12.5. The minimum Gasteiger partial charge on any atom is -0.497 e. The second kappa shape index (κ2) is 10.0. The Morgan fingerprint density at radius 3 is 1.67 bits per heavy atom. The van der Waals surface area contributed by atoms with Gasteiger partial charge in [0.2, 0.25) is 0 Å². The SMILES string of the molecule is COc1ccc(C(=O)OC2CCC(OC(=O)c3ccc(OC)c(OC)c3)CC2)cc1. The smallest absolute Gasteiger partial charge is 0.338 e.